The van der Waals surface area contributed by atoms with Gasteiger partial charge in [-0.15, -0.1) is 0 Å². The van der Waals surface area contributed by atoms with Crippen molar-refractivity contribution in [1.29, 1.82) is 0 Å². The molecule has 4 nitrogen and oxygen atoms in total. The highest BCUT2D eigenvalue weighted by molar-refractivity contribution is 6.04. The molecule has 0 fully saturated rings. The number of rotatable bonds is 3. The number of carbonyl (C=O) groups excluding carboxylic acids is 1. The number of nitrogens with one attached hydrogen (secondary N) is 1. The van der Waals surface area contributed by atoms with Crippen LogP contribution in [0.5, 0.6) is 0 Å². The van der Waals surface area contributed by atoms with Gasteiger partial charge in [-0.3, -0.25) is 4.79 Å². The number of hydrogen-bond donors (Lipinski definition) is 2. The molecule has 0 aliphatic carbocycles. The Kier molecular flexibility index (Phi) is 3.46. The minimum atomic E-state index is -0.291. The largest absolute Gasteiger partial charge is 0.451 e. The molecule has 0 unspecified atom stereocenters. The van der Waals surface area contributed by atoms with Crippen molar-refractivity contribution in [2.24, 2.45) is 0 Å². The van der Waals surface area contributed by atoms with E-state index in [4.69, 9.17) is 9.52 Å². The van der Waals surface area contributed by atoms with Crippen LogP contribution in [-0.2, 0) is 6.61 Å². The smallest absolute Gasteiger partial charge is 0.291 e. The fourth-order valence-corrected chi connectivity index (χ4v) is 2.16. The molecule has 1 amide bonds. The summed E-state index contributed by atoms with van der Waals surface area (Å²) in [5, 5.41) is 12.7. The molecule has 2 aromatic carbocycles. The maximum absolute atomic E-state index is 12.2. The van der Waals surface area contributed by atoms with Gasteiger partial charge in [0.1, 0.15) is 5.58 Å². The lowest BCUT2D eigenvalue weighted by atomic mass is 10.2. The van der Waals surface area contributed by atoms with Crippen LogP contribution >= 0.6 is 0 Å². The molecule has 21 heavy (non-hydrogen) atoms. The summed E-state index contributed by atoms with van der Waals surface area (Å²) in [4.78, 5) is 12.2. The lowest BCUT2D eigenvalue weighted by Crippen LogP contribution is -2.10. The zero-order chi connectivity index (χ0) is 14.8. The molecule has 1 aromatic heterocycles. The molecule has 106 valence electrons. The number of benzene rings is 2. The number of amides is 1. The Morgan fingerprint density at radius 3 is 2.62 bits per heavy atom. The van der Waals surface area contributed by atoms with Crippen molar-refractivity contribution < 1.29 is 14.3 Å². The molecule has 3 aromatic rings. The zero-order valence-electron chi connectivity index (χ0n) is 11.6. The molecule has 0 spiro atoms. The molecule has 0 atom stereocenters. The molecule has 0 saturated heterocycles. The molecule has 0 aliphatic rings. The molecule has 2 N–H and O–H groups in total. The topological polar surface area (TPSA) is 62.5 Å². The molecule has 4 heteroatoms. The van der Waals surface area contributed by atoms with E-state index in [1.807, 2.05) is 25.1 Å². The van der Waals surface area contributed by atoms with Crippen molar-refractivity contribution in [3.8, 4) is 0 Å². The Hall–Kier alpha value is -2.59. The zero-order valence-corrected chi connectivity index (χ0v) is 11.6. The third-order valence-electron chi connectivity index (χ3n) is 3.29. The van der Waals surface area contributed by atoms with Gasteiger partial charge in [-0.1, -0.05) is 23.8 Å². The van der Waals surface area contributed by atoms with Crippen molar-refractivity contribution >= 4 is 22.6 Å². The van der Waals surface area contributed by atoms with Crippen molar-refractivity contribution in [2.45, 2.75) is 13.5 Å². The van der Waals surface area contributed by atoms with Crippen LogP contribution < -0.4 is 5.32 Å². The van der Waals surface area contributed by atoms with E-state index in [-0.39, 0.29) is 18.3 Å². The SMILES string of the molecule is Cc1ccc2oc(C(=O)Nc3ccc(CO)cc3)cc2c1. The molecule has 0 saturated carbocycles. The van der Waals surface area contributed by atoms with Gasteiger partial charge >= 0.3 is 0 Å². The summed E-state index contributed by atoms with van der Waals surface area (Å²) in [5.74, 6) is -0.0116. The monoisotopic (exact) mass is 281 g/mol. The van der Waals surface area contributed by atoms with Crippen LogP contribution in [0.2, 0.25) is 0 Å². The summed E-state index contributed by atoms with van der Waals surface area (Å²) in [6.45, 7) is 1.98. The van der Waals surface area contributed by atoms with Crippen molar-refractivity contribution in [3.63, 3.8) is 0 Å². The summed E-state index contributed by atoms with van der Waals surface area (Å²) in [6, 6.07) is 14.5. The second kappa shape index (κ2) is 5.42. The summed E-state index contributed by atoms with van der Waals surface area (Å²) in [7, 11) is 0. The normalized spacial score (nSPS) is 10.8. The first kappa shape index (κ1) is 13.4. The van der Waals surface area contributed by atoms with Crippen LogP contribution in [0.25, 0.3) is 11.0 Å². The van der Waals surface area contributed by atoms with Gasteiger partial charge in [-0.05, 0) is 42.8 Å². The molecule has 0 bridgehead atoms. The third kappa shape index (κ3) is 2.80. The summed E-state index contributed by atoms with van der Waals surface area (Å²) in [6.07, 6.45) is 0. The highest BCUT2D eigenvalue weighted by atomic mass is 16.3. The number of aliphatic hydroxyl groups is 1. The van der Waals surface area contributed by atoms with E-state index in [2.05, 4.69) is 5.32 Å². The molecule has 1 heterocycles. The summed E-state index contributed by atoms with van der Waals surface area (Å²) in [5.41, 5.74) is 3.28. The van der Waals surface area contributed by atoms with Gasteiger partial charge in [0.05, 0.1) is 6.61 Å². The van der Waals surface area contributed by atoms with E-state index in [1.165, 1.54) is 0 Å². The Morgan fingerprint density at radius 2 is 1.90 bits per heavy atom. The average Bonchev–Trinajstić information content (AvgIpc) is 2.91. The fourth-order valence-electron chi connectivity index (χ4n) is 2.16. The van der Waals surface area contributed by atoms with E-state index in [0.29, 0.717) is 11.3 Å². The number of anilines is 1. The number of furan rings is 1. The van der Waals surface area contributed by atoms with E-state index in [9.17, 15) is 4.79 Å². The Bertz CT molecular complexity index is 787. The van der Waals surface area contributed by atoms with Crippen molar-refractivity contribution in [2.75, 3.05) is 5.32 Å². The number of aryl methyl sites for hydroxylation is 1. The Labute approximate surface area is 122 Å². The highest BCUT2D eigenvalue weighted by Gasteiger charge is 2.12. The van der Waals surface area contributed by atoms with Gasteiger partial charge < -0.3 is 14.8 Å². The van der Waals surface area contributed by atoms with Crippen LogP contribution in [0.3, 0.4) is 0 Å². The quantitative estimate of drug-likeness (QED) is 0.772. The van der Waals surface area contributed by atoms with Crippen LogP contribution in [0.1, 0.15) is 21.7 Å². The first-order valence-corrected chi connectivity index (χ1v) is 6.67. The van der Waals surface area contributed by atoms with E-state index >= 15 is 0 Å². The van der Waals surface area contributed by atoms with Crippen LogP contribution in [0.15, 0.2) is 52.9 Å². The van der Waals surface area contributed by atoms with Gasteiger partial charge in [0.25, 0.3) is 5.91 Å². The maximum atomic E-state index is 12.2. The van der Waals surface area contributed by atoms with Gasteiger partial charge in [-0.25, -0.2) is 0 Å². The van der Waals surface area contributed by atoms with Gasteiger partial charge in [0.15, 0.2) is 5.76 Å². The number of carbonyl (C=O) groups is 1. The first-order valence-electron chi connectivity index (χ1n) is 6.67. The van der Waals surface area contributed by atoms with Crippen molar-refractivity contribution in [3.05, 3.63) is 65.4 Å². The molecular formula is C17H15NO3. The summed E-state index contributed by atoms with van der Waals surface area (Å²) >= 11 is 0. The minimum absolute atomic E-state index is 0.0167. The molecule has 0 aliphatic heterocycles. The average molecular weight is 281 g/mol. The van der Waals surface area contributed by atoms with Crippen molar-refractivity contribution in [1.82, 2.24) is 0 Å². The van der Waals surface area contributed by atoms with Crippen LogP contribution in [0, 0.1) is 6.92 Å². The molecule has 0 radical (unpaired) electrons. The predicted molar refractivity (Wildman–Crippen MR) is 81.3 cm³/mol. The number of fused-ring (bicyclic) bond motifs is 1. The van der Waals surface area contributed by atoms with Gasteiger partial charge in [0.2, 0.25) is 0 Å². The number of aliphatic hydroxyl groups excluding tert-OH is 1. The lowest BCUT2D eigenvalue weighted by Gasteiger charge is -2.03. The Morgan fingerprint density at radius 1 is 1.14 bits per heavy atom. The van der Waals surface area contributed by atoms with E-state index < -0.39 is 0 Å². The highest BCUT2D eigenvalue weighted by Crippen LogP contribution is 2.21. The molecule has 3 rings (SSSR count). The number of hydrogen-bond acceptors (Lipinski definition) is 3. The van der Waals surface area contributed by atoms with E-state index in [0.717, 1.165) is 16.5 Å². The standard InChI is InChI=1S/C17H15NO3/c1-11-2-7-15-13(8-11)9-16(21-15)17(20)18-14-5-3-12(10-19)4-6-14/h2-9,19H,10H2,1H3,(H,18,20). The second-order valence-corrected chi connectivity index (χ2v) is 4.96. The maximum Gasteiger partial charge on any atom is 0.291 e. The fraction of sp³-hybridized carbons (Fsp3) is 0.118. The minimum Gasteiger partial charge on any atom is -0.451 e. The second-order valence-electron chi connectivity index (χ2n) is 4.96. The third-order valence-corrected chi connectivity index (χ3v) is 3.29. The van der Waals surface area contributed by atoms with Gasteiger partial charge in [0, 0.05) is 11.1 Å². The first-order chi connectivity index (χ1) is 10.2. The Balaban J connectivity index is 1.82. The van der Waals surface area contributed by atoms with Crippen LogP contribution in [0.4, 0.5) is 5.69 Å². The van der Waals surface area contributed by atoms with Gasteiger partial charge in [-0.2, -0.15) is 0 Å². The van der Waals surface area contributed by atoms with E-state index in [1.54, 1.807) is 30.3 Å². The van der Waals surface area contributed by atoms with Crippen LogP contribution in [-0.4, -0.2) is 11.0 Å². The lowest BCUT2D eigenvalue weighted by molar-refractivity contribution is 0.0998. The predicted octanol–water partition coefficient (Wildman–Crippen LogP) is 3.49. The molecular weight excluding hydrogens is 266 g/mol. The summed E-state index contributed by atoms with van der Waals surface area (Å²) < 4.78 is 5.55.